The summed E-state index contributed by atoms with van der Waals surface area (Å²) >= 11 is 0. The van der Waals surface area contributed by atoms with E-state index in [2.05, 4.69) is 15.0 Å². The molecule has 1 atom stereocenters. The Morgan fingerprint density at radius 2 is 1.75 bits per heavy atom. The number of hydrogen-bond acceptors (Lipinski definition) is 5. The molecule has 0 bridgehead atoms. The molecule has 7 heteroatoms. The van der Waals surface area contributed by atoms with Gasteiger partial charge in [0.15, 0.2) is 11.5 Å². The molecule has 0 aliphatic carbocycles. The van der Waals surface area contributed by atoms with Crippen molar-refractivity contribution in [3.8, 4) is 28.6 Å². The number of ether oxygens (including phenoxy) is 3. The van der Waals surface area contributed by atoms with Crippen molar-refractivity contribution in [2.45, 2.75) is 6.10 Å². The quantitative estimate of drug-likeness (QED) is 0.475. The van der Waals surface area contributed by atoms with Gasteiger partial charge < -0.3 is 29.3 Å². The summed E-state index contributed by atoms with van der Waals surface area (Å²) in [6.45, 7) is 0. The van der Waals surface area contributed by atoms with Crippen LogP contribution >= 0.6 is 0 Å². The van der Waals surface area contributed by atoms with Crippen LogP contribution in [0.4, 0.5) is 0 Å². The van der Waals surface area contributed by atoms with Crippen LogP contribution in [-0.4, -0.2) is 41.4 Å². The Bertz CT molecular complexity index is 1090. The molecular weight excluding hydrogens is 358 g/mol. The van der Waals surface area contributed by atoms with Gasteiger partial charge >= 0.3 is 0 Å². The maximum atomic E-state index is 10.9. The van der Waals surface area contributed by atoms with E-state index < -0.39 is 6.10 Å². The first-order valence-electron chi connectivity index (χ1n) is 8.75. The summed E-state index contributed by atoms with van der Waals surface area (Å²) in [6, 6.07) is 11.4. The number of aromatic nitrogens is 3. The van der Waals surface area contributed by atoms with Crippen LogP contribution < -0.4 is 14.2 Å². The van der Waals surface area contributed by atoms with Gasteiger partial charge in [-0.15, -0.1) is 0 Å². The summed E-state index contributed by atoms with van der Waals surface area (Å²) in [5.74, 6) is 2.12. The van der Waals surface area contributed by atoms with Gasteiger partial charge in [0.1, 0.15) is 11.9 Å². The van der Waals surface area contributed by atoms with E-state index >= 15 is 0 Å². The van der Waals surface area contributed by atoms with Gasteiger partial charge in [-0.1, -0.05) is 12.1 Å². The number of aliphatic hydroxyl groups excluding tert-OH is 1. The highest BCUT2D eigenvalue weighted by Crippen LogP contribution is 2.40. The summed E-state index contributed by atoms with van der Waals surface area (Å²) in [6.07, 6.45) is 2.60. The van der Waals surface area contributed by atoms with Gasteiger partial charge in [0.25, 0.3) is 0 Å². The van der Waals surface area contributed by atoms with Gasteiger partial charge in [-0.25, -0.2) is 4.98 Å². The van der Waals surface area contributed by atoms with E-state index in [1.54, 1.807) is 39.7 Å². The molecule has 0 aliphatic heterocycles. The van der Waals surface area contributed by atoms with E-state index in [1.807, 2.05) is 30.5 Å². The number of H-pyrrole nitrogens is 2. The van der Waals surface area contributed by atoms with Crippen molar-refractivity contribution in [1.29, 1.82) is 0 Å². The second-order valence-corrected chi connectivity index (χ2v) is 6.29. The fourth-order valence-corrected chi connectivity index (χ4v) is 3.34. The van der Waals surface area contributed by atoms with Crippen LogP contribution in [0.5, 0.6) is 17.2 Å². The average Bonchev–Trinajstić information content (AvgIpc) is 3.41. The minimum absolute atomic E-state index is 0.477. The van der Waals surface area contributed by atoms with E-state index in [0.29, 0.717) is 34.3 Å². The Hall–Kier alpha value is -3.45. The predicted molar refractivity (Wildman–Crippen MR) is 106 cm³/mol. The van der Waals surface area contributed by atoms with Gasteiger partial charge in [0, 0.05) is 22.7 Å². The molecule has 2 aromatic carbocycles. The molecule has 0 saturated heterocycles. The predicted octanol–water partition coefficient (Wildman–Crippen LogP) is 3.67. The second kappa shape index (κ2) is 7.28. The van der Waals surface area contributed by atoms with Crippen LogP contribution in [0.3, 0.4) is 0 Å². The van der Waals surface area contributed by atoms with Gasteiger partial charge in [0.2, 0.25) is 5.75 Å². The van der Waals surface area contributed by atoms with Crippen molar-refractivity contribution in [2.75, 3.05) is 21.3 Å². The maximum Gasteiger partial charge on any atom is 0.203 e. The lowest BCUT2D eigenvalue weighted by Crippen LogP contribution is -2.03. The number of fused-ring (bicyclic) bond motifs is 1. The summed E-state index contributed by atoms with van der Waals surface area (Å²) in [5.41, 5.74) is 3.16. The minimum atomic E-state index is -0.930. The fraction of sp³-hybridized carbons (Fsp3) is 0.190. The molecule has 0 fully saturated rings. The summed E-state index contributed by atoms with van der Waals surface area (Å²) < 4.78 is 16.1. The van der Waals surface area contributed by atoms with Gasteiger partial charge in [0.05, 0.1) is 33.2 Å². The number of benzene rings is 2. The molecule has 0 aliphatic rings. The molecule has 7 nitrogen and oxygen atoms in total. The highest BCUT2D eigenvalue weighted by molar-refractivity contribution is 5.93. The Labute approximate surface area is 161 Å². The van der Waals surface area contributed by atoms with Crippen LogP contribution in [0, 0.1) is 0 Å². The largest absolute Gasteiger partial charge is 0.493 e. The molecule has 0 radical (unpaired) electrons. The van der Waals surface area contributed by atoms with E-state index in [0.717, 1.165) is 16.5 Å². The van der Waals surface area contributed by atoms with Crippen molar-refractivity contribution in [2.24, 2.45) is 0 Å². The van der Waals surface area contributed by atoms with Crippen molar-refractivity contribution < 1.29 is 19.3 Å². The van der Waals surface area contributed by atoms with E-state index in [1.165, 1.54) is 0 Å². The molecule has 144 valence electrons. The molecule has 4 rings (SSSR count). The van der Waals surface area contributed by atoms with Gasteiger partial charge in [-0.2, -0.15) is 0 Å². The first-order chi connectivity index (χ1) is 13.7. The minimum Gasteiger partial charge on any atom is -0.493 e. The third-order valence-corrected chi connectivity index (χ3v) is 4.74. The van der Waals surface area contributed by atoms with Crippen molar-refractivity contribution in [1.82, 2.24) is 15.0 Å². The van der Waals surface area contributed by atoms with Crippen LogP contribution in [0.15, 0.2) is 48.8 Å². The normalized spacial score (nSPS) is 12.1. The Balaban J connectivity index is 1.72. The molecule has 1 unspecified atom stereocenters. The Morgan fingerprint density at radius 3 is 2.43 bits per heavy atom. The molecule has 0 saturated carbocycles. The van der Waals surface area contributed by atoms with Crippen LogP contribution in [0.1, 0.15) is 17.4 Å². The number of nitrogens with one attached hydrogen (secondary N) is 2. The zero-order chi connectivity index (χ0) is 19.7. The number of imidazole rings is 1. The smallest absolute Gasteiger partial charge is 0.203 e. The molecular formula is C21H21N3O4. The topological polar surface area (TPSA) is 92.4 Å². The molecule has 0 amide bonds. The van der Waals surface area contributed by atoms with Crippen LogP contribution in [0.25, 0.3) is 22.3 Å². The van der Waals surface area contributed by atoms with E-state index in [-0.39, 0.29) is 0 Å². The fourth-order valence-electron chi connectivity index (χ4n) is 3.34. The van der Waals surface area contributed by atoms with Crippen molar-refractivity contribution >= 4 is 10.9 Å². The standard InChI is InChI=1S/C21H21N3O4/c1-26-17-9-12(10-18(27-2)20(17)28-3)19(25)16-11-23-21(24-16)14-5-4-6-15-13(14)7-8-22-15/h4-11,19,22,25H,1-3H3,(H,23,24). The maximum absolute atomic E-state index is 10.9. The lowest BCUT2D eigenvalue weighted by molar-refractivity contribution is 0.214. The first kappa shape index (κ1) is 17.9. The highest BCUT2D eigenvalue weighted by atomic mass is 16.5. The number of aromatic amines is 2. The molecule has 0 spiro atoms. The number of nitrogens with zero attached hydrogens (tertiary/aromatic N) is 1. The van der Waals surface area contributed by atoms with Crippen molar-refractivity contribution in [3.05, 3.63) is 60.0 Å². The Kier molecular flexibility index (Phi) is 4.67. The Morgan fingerprint density at radius 1 is 1.00 bits per heavy atom. The van der Waals surface area contributed by atoms with Gasteiger partial charge in [-0.05, 0) is 29.8 Å². The SMILES string of the molecule is COc1cc(C(O)c2cnc(-c3cccc4[nH]ccc34)[nH]2)cc(OC)c1OC. The zero-order valence-corrected chi connectivity index (χ0v) is 15.8. The molecule has 4 aromatic rings. The monoisotopic (exact) mass is 379 g/mol. The van der Waals surface area contributed by atoms with E-state index in [9.17, 15) is 5.11 Å². The van der Waals surface area contributed by atoms with E-state index in [4.69, 9.17) is 14.2 Å². The van der Waals surface area contributed by atoms with Crippen LogP contribution in [-0.2, 0) is 0 Å². The summed E-state index contributed by atoms with van der Waals surface area (Å²) in [4.78, 5) is 10.9. The highest BCUT2D eigenvalue weighted by Gasteiger charge is 2.20. The second-order valence-electron chi connectivity index (χ2n) is 6.29. The third kappa shape index (κ3) is 2.95. The first-order valence-corrected chi connectivity index (χ1v) is 8.75. The molecule has 2 aromatic heterocycles. The number of aliphatic hydroxyl groups is 1. The van der Waals surface area contributed by atoms with Gasteiger partial charge in [-0.3, -0.25) is 0 Å². The summed E-state index contributed by atoms with van der Waals surface area (Å²) in [7, 11) is 4.62. The van der Waals surface area contributed by atoms with Crippen molar-refractivity contribution in [3.63, 3.8) is 0 Å². The lowest BCUT2D eigenvalue weighted by Gasteiger charge is -2.16. The number of methoxy groups -OCH3 is 3. The summed E-state index contributed by atoms with van der Waals surface area (Å²) in [5, 5.41) is 12.0. The molecule has 2 heterocycles. The van der Waals surface area contributed by atoms with Crippen LogP contribution in [0.2, 0.25) is 0 Å². The number of hydrogen-bond donors (Lipinski definition) is 3. The number of rotatable bonds is 6. The molecule has 3 N–H and O–H groups in total. The lowest BCUT2D eigenvalue weighted by atomic mass is 10.1. The third-order valence-electron chi connectivity index (χ3n) is 4.74. The molecule has 28 heavy (non-hydrogen) atoms. The zero-order valence-electron chi connectivity index (χ0n) is 15.8. The average molecular weight is 379 g/mol.